The molecule has 0 spiro atoms. The molecule has 1 saturated heterocycles. The van der Waals surface area contributed by atoms with Crippen LogP contribution in [0.1, 0.15) is 6.42 Å². The van der Waals surface area contributed by atoms with E-state index in [-0.39, 0.29) is 18.8 Å². The van der Waals surface area contributed by atoms with Gasteiger partial charge in [0.2, 0.25) is 0 Å². The van der Waals surface area contributed by atoms with Crippen LogP contribution in [0.2, 0.25) is 5.02 Å². The SMILES string of the molecule is OCC1CC(Nc2cc(Cl)ccc2I)CO1. The van der Waals surface area contributed by atoms with E-state index in [1.54, 1.807) is 0 Å². The number of rotatable bonds is 3. The first-order chi connectivity index (χ1) is 7.69. The summed E-state index contributed by atoms with van der Waals surface area (Å²) in [6, 6.07) is 6.01. The second-order valence-electron chi connectivity index (χ2n) is 3.84. The van der Waals surface area contributed by atoms with Crippen LogP contribution in [0.4, 0.5) is 5.69 Å². The van der Waals surface area contributed by atoms with Gasteiger partial charge in [-0.25, -0.2) is 0 Å². The minimum absolute atomic E-state index is 0.0330. The Hall–Kier alpha value is -0.0400. The molecule has 1 heterocycles. The number of anilines is 1. The number of nitrogens with one attached hydrogen (secondary N) is 1. The van der Waals surface area contributed by atoms with Crippen LogP contribution in [0.25, 0.3) is 0 Å². The van der Waals surface area contributed by atoms with Crippen molar-refractivity contribution in [3.8, 4) is 0 Å². The Kier molecular flexibility index (Phi) is 4.29. The third-order valence-corrected chi connectivity index (χ3v) is 3.75. The van der Waals surface area contributed by atoms with E-state index in [1.165, 1.54) is 0 Å². The Labute approximate surface area is 113 Å². The molecular weight excluding hydrogens is 340 g/mol. The van der Waals surface area contributed by atoms with Gasteiger partial charge < -0.3 is 15.2 Å². The van der Waals surface area contributed by atoms with Crippen LogP contribution in [-0.4, -0.2) is 30.5 Å². The van der Waals surface area contributed by atoms with Crippen molar-refractivity contribution in [2.24, 2.45) is 0 Å². The van der Waals surface area contributed by atoms with Crippen molar-refractivity contribution < 1.29 is 9.84 Å². The van der Waals surface area contributed by atoms with Crippen LogP contribution in [0.5, 0.6) is 0 Å². The number of hydrogen-bond donors (Lipinski definition) is 2. The highest BCUT2D eigenvalue weighted by atomic mass is 127. The Bertz CT molecular complexity index is 375. The summed E-state index contributed by atoms with van der Waals surface area (Å²) in [5.41, 5.74) is 1.03. The van der Waals surface area contributed by atoms with Gasteiger partial charge in [0, 0.05) is 14.3 Å². The maximum Gasteiger partial charge on any atom is 0.0827 e. The lowest BCUT2D eigenvalue weighted by atomic mass is 10.2. The highest BCUT2D eigenvalue weighted by Gasteiger charge is 2.24. The van der Waals surface area contributed by atoms with Crippen molar-refractivity contribution in [2.75, 3.05) is 18.5 Å². The van der Waals surface area contributed by atoms with Crippen LogP contribution < -0.4 is 5.32 Å². The largest absolute Gasteiger partial charge is 0.394 e. The third kappa shape index (κ3) is 3.00. The second-order valence-corrected chi connectivity index (χ2v) is 5.44. The summed E-state index contributed by atoms with van der Waals surface area (Å²) in [5, 5.41) is 13.1. The van der Waals surface area contributed by atoms with E-state index in [0.717, 1.165) is 20.7 Å². The summed E-state index contributed by atoms with van der Waals surface area (Å²) in [7, 11) is 0. The van der Waals surface area contributed by atoms with E-state index in [0.29, 0.717) is 6.61 Å². The molecule has 0 radical (unpaired) electrons. The molecule has 2 rings (SSSR count). The van der Waals surface area contributed by atoms with Crippen LogP contribution >= 0.6 is 34.2 Å². The fourth-order valence-corrected chi connectivity index (χ4v) is 2.42. The Morgan fingerprint density at radius 2 is 2.38 bits per heavy atom. The standard InChI is InChI=1S/C11H13ClINO2/c12-7-1-2-10(13)11(3-7)14-8-4-9(5-15)16-6-8/h1-3,8-9,14-15H,4-6H2. The number of aliphatic hydroxyl groups is 1. The average molecular weight is 354 g/mol. The molecule has 0 bridgehead atoms. The first-order valence-electron chi connectivity index (χ1n) is 5.13. The molecule has 1 aromatic rings. The fraction of sp³-hybridized carbons (Fsp3) is 0.455. The van der Waals surface area contributed by atoms with Crippen molar-refractivity contribution in [2.45, 2.75) is 18.6 Å². The van der Waals surface area contributed by atoms with Crippen molar-refractivity contribution in [1.29, 1.82) is 0 Å². The zero-order chi connectivity index (χ0) is 11.5. The molecule has 5 heteroatoms. The first-order valence-corrected chi connectivity index (χ1v) is 6.58. The molecule has 88 valence electrons. The zero-order valence-corrected chi connectivity index (χ0v) is 11.5. The molecule has 1 aliphatic rings. The molecule has 1 fully saturated rings. The van der Waals surface area contributed by atoms with Crippen molar-refractivity contribution in [3.63, 3.8) is 0 Å². The minimum Gasteiger partial charge on any atom is -0.394 e. The quantitative estimate of drug-likeness (QED) is 0.821. The number of ether oxygens (including phenoxy) is 1. The lowest BCUT2D eigenvalue weighted by molar-refractivity contribution is 0.0588. The normalized spacial score (nSPS) is 24.7. The summed E-state index contributed by atoms with van der Waals surface area (Å²) in [5.74, 6) is 0. The zero-order valence-electron chi connectivity index (χ0n) is 8.62. The van der Waals surface area contributed by atoms with Crippen LogP contribution in [-0.2, 0) is 4.74 Å². The molecule has 1 aromatic carbocycles. The molecule has 0 aromatic heterocycles. The maximum absolute atomic E-state index is 8.97. The van der Waals surface area contributed by atoms with Gasteiger partial charge in [0.05, 0.1) is 25.4 Å². The van der Waals surface area contributed by atoms with Gasteiger partial charge in [-0.1, -0.05) is 11.6 Å². The molecule has 0 saturated carbocycles. The third-order valence-electron chi connectivity index (χ3n) is 2.57. The number of hydrogen-bond acceptors (Lipinski definition) is 3. The molecule has 2 atom stereocenters. The van der Waals surface area contributed by atoms with Gasteiger partial charge in [-0.3, -0.25) is 0 Å². The van der Waals surface area contributed by atoms with Gasteiger partial charge in [0.15, 0.2) is 0 Å². The summed E-state index contributed by atoms with van der Waals surface area (Å²) < 4.78 is 6.54. The molecule has 1 aliphatic heterocycles. The second kappa shape index (κ2) is 5.53. The van der Waals surface area contributed by atoms with E-state index in [9.17, 15) is 0 Å². The van der Waals surface area contributed by atoms with Gasteiger partial charge in [-0.05, 0) is 47.2 Å². The number of aliphatic hydroxyl groups excluding tert-OH is 1. The lowest BCUT2D eigenvalue weighted by Gasteiger charge is -2.14. The fourth-order valence-electron chi connectivity index (χ4n) is 1.76. The van der Waals surface area contributed by atoms with E-state index < -0.39 is 0 Å². The highest BCUT2D eigenvalue weighted by Crippen LogP contribution is 2.25. The highest BCUT2D eigenvalue weighted by molar-refractivity contribution is 14.1. The summed E-state index contributed by atoms with van der Waals surface area (Å²) in [6.07, 6.45) is 0.799. The lowest BCUT2D eigenvalue weighted by Crippen LogP contribution is -2.20. The van der Waals surface area contributed by atoms with Gasteiger partial charge in [-0.2, -0.15) is 0 Å². The Morgan fingerprint density at radius 3 is 3.06 bits per heavy atom. The molecule has 3 nitrogen and oxygen atoms in total. The topological polar surface area (TPSA) is 41.5 Å². The minimum atomic E-state index is -0.0330. The van der Waals surface area contributed by atoms with Gasteiger partial charge in [0.25, 0.3) is 0 Å². The molecule has 2 unspecified atom stereocenters. The van der Waals surface area contributed by atoms with Gasteiger partial charge in [0.1, 0.15) is 0 Å². The van der Waals surface area contributed by atoms with Crippen LogP contribution in [0.3, 0.4) is 0 Å². The molecule has 2 N–H and O–H groups in total. The predicted octanol–water partition coefficient (Wildman–Crippen LogP) is 2.51. The van der Waals surface area contributed by atoms with Crippen LogP contribution in [0.15, 0.2) is 18.2 Å². The summed E-state index contributed by atoms with van der Waals surface area (Å²) >= 11 is 8.21. The predicted molar refractivity (Wildman–Crippen MR) is 73.0 cm³/mol. The van der Waals surface area contributed by atoms with E-state index in [4.69, 9.17) is 21.4 Å². The Morgan fingerprint density at radius 1 is 1.56 bits per heavy atom. The average Bonchev–Trinajstić information content (AvgIpc) is 2.71. The smallest absolute Gasteiger partial charge is 0.0827 e. The van der Waals surface area contributed by atoms with Crippen molar-refractivity contribution >= 4 is 39.9 Å². The van der Waals surface area contributed by atoms with Crippen molar-refractivity contribution in [1.82, 2.24) is 0 Å². The van der Waals surface area contributed by atoms with E-state index >= 15 is 0 Å². The first kappa shape index (κ1) is 12.4. The molecule has 16 heavy (non-hydrogen) atoms. The summed E-state index contributed by atoms with van der Waals surface area (Å²) in [4.78, 5) is 0. The number of benzene rings is 1. The van der Waals surface area contributed by atoms with Gasteiger partial charge >= 0.3 is 0 Å². The molecule has 0 amide bonds. The maximum atomic E-state index is 8.97. The van der Waals surface area contributed by atoms with E-state index in [2.05, 4.69) is 27.9 Å². The summed E-state index contributed by atoms with van der Waals surface area (Å²) in [6.45, 7) is 0.721. The molecular formula is C11H13ClINO2. The van der Waals surface area contributed by atoms with Gasteiger partial charge in [-0.15, -0.1) is 0 Å². The van der Waals surface area contributed by atoms with Crippen LogP contribution in [0, 0.1) is 3.57 Å². The van der Waals surface area contributed by atoms with Crippen molar-refractivity contribution in [3.05, 3.63) is 26.8 Å². The van der Waals surface area contributed by atoms with E-state index in [1.807, 2.05) is 18.2 Å². The Balaban J connectivity index is 2.01. The molecule has 0 aliphatic carbocycles. The monoisotopic (exact) mass is 353 g/mol. The number of halogens is 2.